The molecule has 17 heavy (non-hydrogen) atoms. The summed E-state index contributed by atoms with van der Waals surface area (Å²) in [6.45, 7) is 3.34. The Hall–Kier alpha value is -1.06. The quantitative estimate of drug-likeness (QED) is 0.627. The lowest BCUT2D eigenvalue weighted by molar-refractivity contribution is -0.147. The van der Waals surface area contributed by atoms with Crippen molar-refractivity contribution >= 4 is 35.8 Å². The number of ketones is 1. The van der Waals surface area contributed by atoms with E-state index >= 15 is 0 Å². The van der Waals surface area contributed by atoms with Gasteiger partial charge in [-0.15, -0.1) is 12.4 Å². The zero-order valence-electron chi connectivity index (χ0n) is 9.60. The molecule has 0 spiro atoms. The number of hydrogen-bond acceptors (Lipinski definition) is 3. The van der Waals surface area contributed by atoms with Gasteiger partial charge in [-0.3, -0.25) is 9.59 Å². The molecule has 0 aromatic heterocycles. The number of hydrogen-bond donors (Lipinski definition) is 0. The second kappa shape index (κ2) is 7.30. The van der Waals surface area contributed by atoms with Gasteiger partial charge in [0.25, 0.3) is 0 Å². The average molecular weight is 277 g/mol. The van der Waals surface area contributed by atoms with Crippen LogP contribution in [0.4, 0.5) is 0 Å². The lowest BCUT2D eigenvalue weighted by atomic mass is 9.96. The number of esters is 1. The van der Waals surface area contributed by atoms with Crippen LogP contribution in [0.25, 0.3) is 0 Å². The van der Waals surface area contributed by atoms with Crippen molar-refractivity contribution in [3.63, 3.8) is 0 Å². The van der Waals surface area contributed by atoms with Gasteiger partial charge in [0.15, 0.2) is 0 Å². The minimum atomic E-state index is -0.850. The Kier molecular flexibility index (Phi) is 6.85. The molecule has 0 amide bonds. The zero-order chi connectivity index (χ0) is 12.1. The van der Waals surface area contributed by atoms with E-state index in [0.29, 0.717) is 10.6 Å². The van der Waals surface area contributed by atoms with E-state index in [1.807, 2.05) is 0 Å². The molecule has 94 valence electrons. The van der Waals surface area contributed by atoms with E-state index < -0.39 is 11.9 Å². The predicted octanol–water partition coefficient (Wildman–Crippen LogP) is 3.00. The second-order valence-corrected chi connectivity index (χ2v) is 3.78. The Labute approximate surface area is 112 Å². The second-order valence-electron chi connectivity index (χ2n) is 3.35. The lowest BCUT2D eigenvalue weighted by Crippen LogP contribution is -2.22. The maximum absolute atomic E-state index is 11.6. The molecular weight excluding hydrogens is 263 g/mol. The maximum Gasteiger partial charge on any atom is 0.320 e. The summed E-state index contributed by atoms with van der Waals surface area (Å²) in [5, 5.41) is 0.565. The van der Waals surface area contributed by atoms with Gasteiger partial charge in [0, 0.05) is 5.02 Å². The smallest absolute Gasteiger partial charge is 0.320 e. The van der Waals surface area contributed by atoms with Gasteiger partial charge in [0.05, 0.1) is 6.61 Å². The Bertz CT molecular complexity index is 387. The molecule has 0 saturated heterocycles. The van der Waals surface area contributed by atoms with E-state index in [4.69, 9.17) is 16.3 Å². The summed E-state index contributed by atoms with van der Waals surface area (Å²) in [5.41, 5.74) is 0.607. The van der Waals surface area contributed by atoms with E-state index in [0.717, 1.165) is 0 Å². The van der Waals surface area contributed by atoms with Gasteiger partial charge in [-0.1, -0.05) is 23.7 Å². The number of benzene rings is 1. The molecule has 1 unspecified atom stereocenters. The largest absolute Gasteiger partial charge is 0.465 e. The Balaban J connectivity index is 0.00000256. The molecule has 0 bridgehead atoms. The van der Waals surface area contributed by atoms with Gasteiger partial charge in [-0.05, 0) is 31.5 Å². The van der Waals surface area contributed by atoms with Gasteiger partial charge in [0.2, 0.25) is 0 Å². The first-order valence-electron chi connectivity index (χ1n) is 4.98. The van der Waals surface area contributed by atoms with Crippen molar-refractivity contribution in [2.75, 3.05) is 6.61 Å². The van der Waals surface area contributed by atoms with E-state index in [2.05, 4.69) is 0 Å². The maximum atomic E-state index is 11.6. The van der Waals surface area contributed by atoms with Crippen LogP contribution in [-0.4, -0.2) is 18.4 Å². The first-order chi connectivity index (χ1) is 7.56. The van der Waals surface area contributed by atoms with Crippen molar-refractivity contribution in [2.24, 2.45) is 0 Å². The lowest BCUT2D eigenvalue weighted by Gasteiger charge is -2.12. The average Bonchev–Trinajstić information content (AvgIpc) is 2.21. The molecule has 1 aromatic carbocycles. The normalized spacial score (nSPS) is 11.2. The standard InChI is InChI=1S/C12H13ClO3.ClH/c1-3-16-12(15)11(8(2)14)9-4-6-10(13)7-5-9;/h4-7,11H,3H2,1-2H3;1H. The predicted molar refractivity (Wildman–Crippen MR) is 68.8 cm³/mol. The fourth-order valence-corrected chi connectivity index (χ4v) is 1.54. The van der Waals surface area contributed by atoms with Crippen LogP contribution in [-0.2, 0) is 14.3 Å². The number of rotatable bonds is 4. The van der Waals surface area contributed by atoms with E-state index in [1.165, 1.54) is 6.92 Å². The molecule has 0 radical (unpaired) electrons. The van der Waals surface area contributed by atoms with Crippen molar-refractivity contribution < 1.29 is 14.3 Å². The third kappa shape index (κ3) is 4.36. The van der Waals surface area contributed by atoms with Crippen LogP contribution in [0.3, 0.4) is 0 Å². The number of carbonyl (C=O) groups excluding carboxylic acids is 2. The highest BCUT2D eigenvalue weighted by atomic mass is 35.5. The first kappa shape index (κ1) is 15.9. The van der Waals surface area contributed by atoms with Crippen molar-refractivity contribution in [1.29, 1.82) is 0 Å². The molecule has 0 heterocycles. The van der Waals surface area contributed by atoms with Gasteiger partial charge >= 0.3 is 5.97 Å². The van der Waals surface area contributed by atoms with Crippen LogP contribution >= 0.6 is 24.0 Å². The van der Waals surface area contributed by atoms with Gasteiger partial charge in [-0.25, -0.2) is 0 Å². The third-order valence-corrected chi connectivity index (χ3v) is 2.38. The molecule has 0 aliphatic heterocycles. The number of Topliss-reactive ketones (excluding diaryl/α,β-unsaturated/α-hetero) is 1. The third-order valence-electron chi connectivity index (χ3n) is 2.13. The molecule has 1 rings (SSSR count). The summed E-state index contributed by atoms with van der Waals surface area (Å²) in [6, 6.07) is 6.61. The monoisotopic (exact) mass is 276 g/mol. The van der Waals surface area contributed by atoms with Crippen LogP contribution < -0.4 is 0 Å². The summed E-state index contributed by atoms with van der Waals surface area (Å²) in [7, 11) is 0. The summed E-state index contributed by atoms with van der Waals surface area (Å²) in [6.07, 6.45) is 0. The van der Waals surface area contributed by atoms with Crippen molar-refractivity contribution in [3.8, 4) is 0 Å². The molecule has 0 aliphatic rings. The van der Waals surface area contributed by atoms with Crippen LogP contribution in [0, 0.1) is 0 Å². The van der Waals surface area contributed by atoms with Crippen molar-refractivity contribution in [3.05, 3.63) is 34.9 Å². The topological polar surface area (TPSA) is 43.4 Å². The fraction of sp³-hybridized carbons (Fsp3) is 0.333. The highest BCUT2D eigenvalue weighted by molar-refractivity contribution is 6.30. The first-order valence-corrected chi connectivity index (χ1v) is 5.36. The zero-order valence-corrected chi connectivity index (χ0v) is 11.2. The summed E-state index contributed by atoms with van der Waals surface area (Å²) in [5.74, 6) is -1.60. The molecule has 0 N–H and O–H groups in total. The Morgan fingerprint density at radius 2 is 1.82 bits per heavy atom. The van der Waals surface area contributed by atoms with Gasteiger partial charge in [0.1, 0.15) is 11.7 Å². The fourth-order valence-electron chi connectivity index (χ4n) is 1.42. The van der Waals surface area contributed by atoms with Crippen LogP contribution in [0.1, 0.15) is 25.3 Å². The summed E-state index contributed by atoms with van der Waals surface area (Å²) in [4.78, 5) is 23.0. The molecule has 0 aliphatic carbocycles. The molecular formula is C12H14Cl2O3. The van der Waals surface area contributed by atoms with Crippen molar-refractivity contribution in [1.82, 2.24) is 0 Å². The van der Waals surface area contributed by atoms with E-state index in [-0.39, 0.29) is 24.8 Å². The van der Waals surface area contributed by atoms with E-state index in [1.54, 1.807) is 31.2 Å². The number of halogens is 2. The summed E-state index contributed by atoms with van der Waals surface area (Å²) >= 11 is 5.74. The highest BCUT2D eigenvalue weighted by Crippen LogP contribution is 2.20. The minimum absolute atomic E-state index is 0. The SMILES string of the molecule is CCOC(=O)C(C(C)=O)c1ccc(Cl)cc1.Cl. The van der Waals surface area contributed by atoms with Crippen LogP contribution in [0.15, 0.2) is 24.3 Å². The van der Waals surface area contributed by atoms with Crippen LogP contribution in [0.5, 0.6) is 0 Å². The van der Waals surface area contributed by atoms with Crippen LogP contribution in [0.2, 0.25) is 5.02 Å². The minimum Gasteiger partial charge on any atom is -0.465 e. The molecule has 1 atom stereocenters. The summed E-state index contributed by atoms with van der Waals surface area (Å²) < 4.78 is 4.86. The molecule has 0 saturated carbocycles. The number of ether oxygens (including phenoxy) is 1. The molecule has 1 aromatic rings. The number of carbonyl (C=O) groups is 2. The van der Waals surface area contributed by atoms with Crippen molar-refractivity contribution in [2.45, 2.75) is 19.8 Å². The Morgan fingerprint density at radius 3 is 2.24 bits per heavy atom. The Morgan fingerprint density at radius 1 is 1.29 bits per heavy atom. The molecule has 0 fully saturated rings. The molecule has 5 heteroatoms. The molecule has 3 nitrogen and oxygen atoms in total. The van der Waals surface area contributed by atoms with Gasteiger partial charge < -0.3 is 4.74 Å². The highest BCUT2D eigenvalue weighted by Gasteiger charge is 2.26. The van der Waals surface area contributed by atoms with E-state index in [9.17, 15) is 9.59 Å². The van der Waals surface area contributed by atoms with Gasteiger partial charge in [-0.2, -0.15) is 0 Å².